The third-order valence-corrected chi connectivity index (χ3v) is 5.82. The van der Waals surface area contributed by atoms with Gasteiger partial charge in [0.1, 0.15) is 0 Å². The lowest BCUT2D eigenvalue weighted by atomic mass is 9.78. The van der Waals surface area contributed by atoms with Crippen LogP contribution in [0.4, 0.5) is 0 Å². The van der Waals surface area contributed by atoms with E-state index in [9.17, 15) is 8.42 Å². The molecule has 22 heavy (non-hydrogen) atoms. The first-order chi connectivity index (χ1) is 10.4. The van der Waals surface area contributed by atoms with Crippen LogP contribution in [-0.4, -0.2) is 14.1 Å². The molecule has 4 nitrogen and oxygen atoms in total. The van der Waals surface area contributed by atoms with Crippen LogP contribution in [0.25, 0.3) is 0 Å². The van der Waals surface area contributed by atoms with Crippen molar-refractivity contribution in [1.82, 2.24) is 4.83 Å². The highest BCUT2D eigenvalue weighted by atomic mass is 32.2. The van der Waals surface area contributed by atoms with Gasteiger partial charge >= 0.3 is 0 Å². The quantitative estimate of drug-likeness (QED) is 0.837. The van der Waals surface area contributed by atoms with E-state index in [-0.39, 0.29) is 4.90 Å². The van der Waals surface area contributed by atoms with Gasteiger partial charge in [-0.2, -0.15) is 13.5 Å². The van der Waals surface area contributed by atoms with Gasteiger partial charge < -0.3 is 0 Å². The summed E-state index contributed by atoms with van der Waals surface area (Å²) in [5.41, 5.74) is 2.05. The summed E-state index contributed by atoms with van der Waals surface area (Å²) >= 11 is 0. The molecule has 0 heterocycles. The van der Waals surface area contributed by atoms with E-state index in [1.807, 2.05) is 6.92 Å². The van der Waals surface area contributed by atoms with E-state index in [1.165, 1.54) is 6.42 Å². The SMILES string of the molecule is CC[C@H](C)[C@@H]1CCCC/C1=N/NS(=O)(=O)c1ccc(C)cc1. The zero-order valence-electron chi connectivity index (χ0n) is 13.7. The standard InChI is InChI=1S/C17H26N2O2S/c1-4-14(3)16-7-5-6-8-17(16)18-19-22(20,21)15-11-9-13(2)10-12-15/h9-12,14,16,19H,4-8H2,1-3H3/b18-17-/t14-,16-/m0/s1. The van der Waals surface area contributed by atoms with Gasteiger partial charge in [0.2, 0.25) is 0 Å². The van der Waals surface area contributed by atoms with Crippen LogP contribution in [0.5, 0.6) is 0 Å². The van der Waals surface area contributed by atoms with Gasteiger partial charge in [-0.1, -0.05) is 44.4 Å². The first kappa shape index (κ1) is 17.0. The van der Waals surface area contributed by atoms with Crippen LogP contribution in [0.1, 0.15) is 51.5 Å². The molecule has 1 aliphatic rings. The fourth-order valence-corrected chi connectivity index (χ4v) is 3.78. The molecular formula is C17H26N2O2S. The van der Waals surface area contributed by atoms with Gasteiger partial charge in [-0.3, -0.25) is 0 Å². The Morgan fingerprint density at radius 1 is 1.27 bits per heavy atom. The lowest BCUT2D eigenvalue weighted by Crippen LogP contribution is -2.29. The second-order valence-corrected chi connectivity index (χ2v) is 7.91. The van der Waals surface area contributed by atoms with Crippen LogP contribution in [0, 0.1) is 18.8 Å². The van der Waals surface area contributed by atoms with Gasteiger partial charge in [0.15, 0.2) is 0 Å². The van der Waals surface area contributed by atoms with Gasteiger partial charge in [-0.25, -0.2) is 4.83 Å². The summed E-state index contributed by atoms with van der Waals surface area (Å²) in [5.74, 6) is 0.947. The highest BCUT2D eigenvalue weighted by Crippen LogP contribution is 2.29. The molecule has 1 aromatic rings. The Hall–Kier alpha value is -1.36. The Balaban J connectivity index is 2.16. The summed E-state index contributed by atoms with van der Waals surface area (Å²) in [4.78, 5) is 2.70. The molecule has 2 atom stereocenters. The monoisotopic (exact) mass is 322 g/mol. The zero-order valence-corrected chi connectivity index (χ0v) is 14.5. The van der Waals surface area contributed by atoms with Crippen molar-refractivity contribution in [1.29, 1.82) is 0 Å². The van der Waals surface area contributed by atoms with Gasteiger partial charge in [0, 0.05) is 11.6 Å². The number of nitrogens with zero attached hydrogens (tertiary/aromatic N) is 1. The van der Waals surface area contributed by atoms with Crippen molar-refractivity contribution in [3.05, 3.63) is 29.8 Å². The number of rotatable bonds is 5. The van der Waals surface area contributed by atoms with E-state index in [2.05, 4.69) is 23.8 Å². The topological polar surface area (TPSA) is 58.5 Å². The van der Waals surface area contributed by atoms with Crippen molar-refractivity contribution in [3.8, 4) is 0 Å². The molecule has 0 spiro atoms. The van der Waals surface area contributed by atoms with Crippen LogP contribution in [0.3, 0.4) is 0 Å². The molecule has 0 aliphatic heterocycles. The Kier molecular flexibility index (Phi) is 5.62. The summed E-state index contributed by atoms with van der Waals surface area (Å²) in [6.45, 7) is 6.33. The molecule has 0 aromatic heterocycles. The predicted molar refractivity (Wildman–Crippen MR) is 90.3 cm³/mol. The third kappa shape index (κ3) is 4.09. The molecule has 122 valence electrons. The van der Waals surface area contributed by atoms with Gasteiger partial charge in [0.25, 0.3) is 10.0 Å². The minimum atomic E-state index is -3.57. The fraction of sp³-hybridized carbons (Fsp3) is 0.588. The maximum Gasteiger partial charge on any atom is 0.276 e. The van der Waals surface area contributed by atoms with E-state index in [0.29, 0.717) is 11.8 Å². The lowest BCUT2D eigenvalue weighted by molar-refractivity contribution is 0.379. The smallest absolute Gasteiger partial charge is 0.200 e. The highest BCUT2D eigenvalue weighted by molar-refractivity contribution is 7.89. The molecule has 1 aromatic carbocycles. The van der Waals surface area contributed by atoms with Crippen molar-refractivity contribution in [2.45, 2.75) is 57.8 Å². The van der Waals surface area contributed by atoms with E-state index < -0.39 is 10.0 Å². The normalized spacial score (nSPS) is 22.5. The van der Waals surface area contributed by atoms with Crippen molar-refractivity contribution >= 4 is 15.7 Å². The number of hydrogen-bond donors (Lipinski definition) is 1. The lowest BCUT2D eigenvalue weighted by Gasteiger charge is -2.28. The number of nitrogens with one attached hydrogen (secondary N) is 1. The van der Waals surface area contributed by atoms with Gasteiger partial charge in [0.05, 0.1) is 4.90 Å². The first-order valence-electron chi connectivity index (χ1n) is 8.09. The molecule has 0 radical (unpaired) electrons. The number of hydrazone groups is 1. The highest BCUT2D eigenvalue weighted by Gasteiger charge is 2.25. The van der Waals surface area contributed by atoms with E-state index >= 15 is 0 Å². The maximum atomic E-state index is 12.3. The number of benzene rings is 1. The molecular weight excluding hydrogens is 296 g/mol. The first-order valence-corrected chi connectivity index (χ1v) is 9.57. The second-order valence-electron chi connectivity index (χ2n) is 6.25. The minimum Gasteiger partial charge on any atom is -0.200 e. The Bertz CT molecular complexity index is 621. The minimum absolute atomic E-state index is 0.262. The van der Waals surface area contributed by atoms with Gasteiger partial charge in [-0.15, -0.1) is 0 Å². The van der Waals surface area contributed by atoms with Crippen molar-refractivity contribution in [2.75, 3.05) is 0 Å². The van der Waals surface area contributed by atoms with E-state index in [4.69, 9.17) is 0 Å². The fourth-order valence-electron chi connectivity index (χ4n) is 2.95. The molecule has 1 fully saturated rings. The largest absolute Gasteiger partial charge is 0.276 e. The number of hydrogen-bond acceptors (Lipinski definition) is 3. The van der Waals surface area contributed by atoms with Crippen molar-refractivity contribution in [2.24, 2.45) is 16.9 Å². The summed E-state index contributed by atoms with van der Waals surface area (Å²) < 4.78 is 24.6. The van der Waals surface area contributed by atoms with Crippen LogP contribution in [-0.2, 0) is 10.0 Å². The second kappa shape index (κ2) is 7.27. The predicted octanol–water partition coefficient (Wildman–Crippen LogP) is 3.87. The summed E-state index contributed by atoms with van der Waals surface area (Å²) in [6, 6.07) is 6.82. The Morgan fingerprint density at radius 3 is 2.59 bits per heavy atom. The van der Waals surface area contributed by atoms with Crippen LogP contribution in [0.2, 0.25) is 0 Å². The average molecular weight is 322 g/mol. The van der Waals surface area contributed by atoms with E-state index in [1.54, 1.807) is 24.3 Å². The van der Waals surface area contributed by atoms with Crippen molar-refractivity contribution in [3.63, 3.8) is 0 Å². The molecule has 1 saturated carbocycles. The number of aryl methyl sites for hydroxylation is 1. The van der Waals surface area contributed by atoms with Crippen LogP contribution < -0.4 is 4.83 Å². The zero-order chi connectivity index (χ0) is 16.2. The summed E-state index contributed by atoms with van der Waals surface area (Å²) in [5, 5.41) is 4.28. The van der Waals surface area contributed by atoms with E-state index in [0.717, 1.165) is 37.0 Å². The van der Waals surface area contributed by atoms with Gasteiger partial charge in [-0.05, 0) is 44.2 Å². The molecule has 0 saturated heterocycles. The molecule has 0 amide bonds. The number of sulfonamides is 1. The third-order valence-electron chi connectivity index (χ3n) is 4.60. The molecule has 1 N–H and O–H groups in total. The van der Waals surface area contributed by atoms with Crippen molar-refractivity contribution < 1.29 is 8.42 Å². The molecule has 5 heteroatoms. The summed E-state index contributed by atoms with van der Waals surface area (Å²) in [6.07, 6.45) is 5.40. The molecule has 0 bridgehead atoms. The Labute approximate surface area is 134 Å². The summed E-state index contributed by atoms with van der Waals surface area (Å²) in [7, 11) is -3.57. The molecule has 1 aliphatic carbocycles. The molecule has 2 rings (SSSR count). The average Bonchev–Trinajstić information content (AvgIpc) is 2.53. The maximum absolute atomic E-state index is 12.3. The van der Waals surface area contributed by atoms with Crippen LogP contribution in [0.15, 0.2) is 34.3 Å². The Morgan fingerprint density at radius 2 is 1.95 bits per heavy atom. The molecule has 0 unspecified atom stereocenters. The van der Waals surface area contributed by atoms with Crippen LogP contribution >= 0.6 is 0 Å².